The maximum absolute atomic E-state index is 4.50. The number of allylic oxidation sites excluding steroid dienone is 2. The molecule has 1 aliphatic rings. The Balaban J connectivity index is 2.18. The van der Waals surface area contributed by atoms with Gasteiger partial charge in [-0.05, 0) is 36.5 Å². The fourth-order valence-electron chi connectivity index (χ4n) is 1.79. The summed E-state index contributed by atoms with van der Waals surface area (Å²) in [5.41, 5.74) is 3.75. The highest BCUT2D eigenvalue weighted by atomic mass is 14.7. The molecule has 1 aromatic heterocycles. The molecule has 0 radical (unpaired) electrons. The smallest absolute Gasteiger partial charge is 0.0479 e. The van der Waals surface area contributed by atoms with Crippen LogP contribution in [0.4, 0.5) is 0 Å². The first-order valence-corrected chi connectivity index (χ1v) is 5.72. The number of pyridine rings is 1. The SMILES string of the molecule is CCC/C=C\c1cnc2c(c1)C=CCC2. The molecule has 1 heteroatoms. The number of rotatable bonds is 3. The first-order chi connectivity index (χ1) is 7.40. The van der Waals surface area contributed by atoms with E-state index in [1.807, 2.05) is 6.20 Å². The predicted octanol–water partition coefficient (Wildman–Crippen LogP) is 3.85. The quantitative estimate of drug-likeness (QED) is 0.720. The second-order valence-electron chi connectivity index (χ2n) is 3.94. The van der Waals surface area contributed by atoms with Gasteiger partial charge in [-0.2, -0.15) is 0 Å². The van der Waals surface area contributed by atoms with Crippen LogP contribution in [0.1, 0.15) is 43.0 Å². The molecule has 0 atom stereocenters. The average Bonchev–Trinajstić information content (AvgIpc) is 2.29. The topological polar surface area (TPSA) is 12.9 Å². The minimum Gasteiger partial charge on any atom is -0.260 e. The monoisotopic (exact) mass is 199 g/mol. The average molecular weight is 199 g/mol. The molecule has 1 aromatic rings. The lowest BCUT2D eigenvalue weighted by Crippen LogP contribution is -1.97. The lowest BCUT2D eigenvalue weighted by atomic mass is 10.0. The fraction of sp³-hybridized carbons (Fsp3) is 0.357. The Morgan fingerprint density at radius 2 is 2.40 bits per heavy atom. The van der Waals surface area contributed by atoms with Gasteiger partial charge in [-0.1, -0.05) is 37.6 Å². The van der Waals surface area contributed by atoms with Crippen molar-refractivity contribution in [2.75, 3.05) is 0 Å². The van der Waals surface area contributed by atoms with E-state index < -0.39 is 0 Å². The largest absolute Gasteiger partial charge is 0.260 e. The van der Waals surface area contributed by atoms with E-state index in [0.717, 1.165) is 19.3 Å². The van der Waals surface area contributed by atoms with Crippen LogP contribution < -0.4 is 0 Å². The van der Waals surface area contributed by atoms with Crippen LogP contribution >= 0.6 is 0 Å². The van der Waals surface area contributed by atoms with Crippen molar-refractivity contribution in [2.24, 2.45) is 0 Å². The number of unbranched alkanes of at least 4 members (excludes halogenated alkanes) is 1. The van der Waals surface area contributed by atoms with Crippen molar-refractivity contribution in [3.8, 4) is 0 Å². The van der Waals surface area contributed by atoms with Gasteiger partial charge >= 0.3 is 0 Å². The minimum atomic E-state index is 1.09. The zero-order valence-corrected chi connectivity index (χ0v) is 9.24. The summed E-state index contributed by atoms with van der Waals surface area (Å²) < 4.78 is 0. The molecule has 0 spiro atoms. The van der Waals surface area contributed by atoms with Gasteiger partial charge in [0.1, 0.15) is 0 Å². The highest BCUT2D eigenvalue weighted by Crippen LogP contribution is 2.18. The van der Waals surface area contributed by atoms with E-state index >= 15 is 0 Å². The van der Waals surface area contributed by atoms with E-state index in [9.17, 15) is 0 Å². The van der Waals surface area contributed by atoms with Gasteiger partial charge in [-0.15, -0.1) is 0 Å². The highest BCUT2D eigenvalue weighted by molar-refractivity contribution is 5.59. The Morgan fingerprint density at radius 1 is 1.47 bits per heavy atom. The summed E-state index contributed by atoms with van der Waals surface area (Å²) in [5.74, 6) is 0. The molecule has 15 heavy (non-hydrogen) atoms. The Hall–Kier alpha value is -1.37. The molecule has 78 valence electrons. The second-order valence-corrected chi connectivity index (χ2v) is 3.94. The van der Waals surface area contributed by atoms with Gasteiger partial charge in [0, 0.05) is 11.9 Å². The van der Waals surface area contributed by atoms with E-state index in [1.54, 1.807) is 0 Å². The van der Waals surface area contributed by atoms with Crippen molar-refractivity contribution in [3.05, 3.63) is 41.2 Å². The molecule has 0 saturated heterocycles. The van der Waals surface area contributed by atoms with E-state index in [0.29, 0.717) is 0 Å². The van der Waals surface area contributed by atoms with E-state index in [-0.39, 0.29) is 0 Å². The summed E-state index contributed by atoms with van der Waals surface area (Å²) in [6.07, 6.45) is 15.3. The third-order valence-electron chi connectivity index (χ3n) is 2.64. The molecule has 0 fully saturated rings. The lowest BCUT2D eigenvalue weighted by Gasteiger charge is -2.09. The Bertz CT molecular complexity index is 388. The maximum atomic E-state index is 4.50. The normalized spacial score (nSPS) is 14.5. The number of nitrogens with zero attached hydrogens (tertiary/aromatic N) is 1. The third kappa shape index (κ3) is 2.56. The standard InChI is InChI=1S/C14H17N/c1-2-3-4-7-12-10-13-8-5-6-9-14(13)15-11-12/h4-5,7-8,10-11H,2-3,6,9H2,1H3/b7-4-. The van der Waals surface area contributed by atoms with Crippen LogP contribution in [0, 0.1) is 0 Å². The van der Waals surface area contributed by atoms with Gasteiger partial charge in [0.15, 0.2) is 0 Å². The summed E-state index contributed by atoms with van der Waals surface area (Å²) >= 11 is 0. The van der Waals surface area contributed by atoms with Crippen molar-refractivity contribution in [3.63, 3.8) is 0 Å². The summed E-state index contributed by atoms with van der Waals surface area (Å²) in [6.45, 7) is 2.19. The van der Waals surface area contributed by atoms with Crippen LogP contribution in [0.2, 0.25) is 0 Å². The predicted molar refractivity (Wildman–Crippen MR) is 65.5 cm³/mol. The molecule has 0 unspecified atom stereocenters. The number of fused-ring (bicyclic) bond motifs is 1. The Kier molecular flexibility index (Phi) is 3.33. The van der Waals surface area contributed by atoms with Gasteiger partial charge in [-0.25, -0.2) is 0 Å². The molecular weight excluding hydrogens is 182 g/mol. The summed E-state index contributed by atoms with van der Waals surface area (Å²) in [7, 11) is 0. The molecule has 1 heterocycles. The number of aromatic nitrogens is 1. The summed E-state index contributed by atoms with van der Waals surface area (Å²) in [6, 6.07) is 2.23. The zero-order chi connectivity index (χ0) is 10.5. The van der Waals surface area contributed by atoms with Crippen molar-refractivity contribution >= 4 is 12.2 Å². The summed E-state index contributed by atoms with van der Waals surface area (Å²) in [4.78, 5) is 4.50. The van der Waals surface area contributed by atoms with Crippen LogP contribution in [0.3, 0.4) is 0 Å². The van der Waals surface area contributed by atoms with Crippen molar-refractivity contribution in [1.29, 1.82) is 0 Å². The van der Waals surface area contributed by atoms with Crippen molar-refractivity contribution < 1.29 is 0 Å². The van der Waals surface area contributed by atoms with Crippen LogP contribution in [-0.2, 0) is 6.42 Å². The van der Waals surface area contributed by atoms with E-state index in [2.05, 4.69) is 42.3 Å². The van der Waals surface area contributed by atoms with Crippen LogP contribution in [0.25, 0.3) is 12.2 Å². The van der Waals surface area contributed by atoms with Gasteiger partial charge < -0.3 is 0 Å². The number of hydrogen-bond acceptors (Lipinski definition) is 1. The van der Waals surface area contributed by atoms with E-state index in [4.69, 9.17) is 0 Å². The third-order valence-corrected chi connectivity index (χ3v) is 2.64. The molecule has 2 rings (SSSR count). The fourth-order valence-corrected chi connectivity index (χ4v) is 1.79. The van der Waals surface area contributed by atoms with Gasteiger partial charge in [0.05, 0.1) is 0 Å². The molecule has 0 bridgehead atoms. The zero-order valence-electron chi connectivity index (χ0n) is 9.24. The number of aryl methyl sites for hydroxylation is 1. The molecule has 0 aromatic carbocycles. The van der Waals surface area contributed by atoms with Crippen LogP contribution in [0.15, 0.2) is 24.4 Å². The lowest BCUT2D eigenvalue weighted by molar-refractivity contribution is 0.925. The van der Waals surface area contributed by atoms with Crippen molar-refractivity contribution in [2.45, 2.75) is 32.6 Å². The maximum Gasteiger partial charge on any atom is 0.0479 e. The van der Waals surface area contributed by atoms with E-state index in [1.165, 1.54) is 23.2 Å². The Labute approximate surface area is 91.6 Å². The Morgan fingerprint density at radius 3 is 3.27 bits per heavy atom. The first kappa shape index (κ1) is 10.2. The molecule has 0 saturated carbocycles. The second kappa shape index (κ2) is 4.92. The molecule has 0 amide bonds. The van der Waals surface area contributed by atoms with Gasteiger partial charge in [0.2, 0.25) is 0 Å². The van der Waals surface area contributed by atoms with Crippen LogP contribution in [-0.4, -0.2) is 4.98 Å². The van der Waals surface area contributed by atoms with Gasteiger partial charge in [-0.3, -0.25) is 4.98 Å². The molecule has 0 aliphatic heterocycles. The highest BCUT2D eigenvalue weighted by Gasteiger charge is 2.04. The molecule has 1 nitrogen and oxygen atoms in total. The first-order valence-electron chi connectivity index (χ1n) is 5.72. The summed E-state index contributed by atoms with van der Waals surface area (Å²) in [5, 5.41) is 0. The molecule has 0 N–H and O–H groups in total. The molecule has 1 aliphatic carbocycles. The minimum absolute atomic E-state index is 1.09. The number of hydrogen-bond donors (Lipinski definition) is 0. The van der Waals surface area contributed by atoms with Crippen molar-refractivity contribution in [1.82, 2.24) is 4.98 Å². The van der Waals surface area contributed by atoms with Crippen LogP contribution in [0.5, 0.6) is 0 Å². The molecular formula is C14H17N. The van der Waals surface area contributed by atoms with Gasteiger partial charge in [0.25, 0.3) is 0 Å².